The molecule has 1 aliphatic carbocycles. The fourth-order valence-electron chi connectivity index (χ4n) is 1.51. The van der Waals surface area contributed by atoms with Gasteiger partial charge in [-0.15, -0.1) is 0 Å². The van der Waals surface area contributed by atoms with E-state index in [1.165, 1.54) is 0 Å². The third-order valence-electron chi connectivity index (χ3n) is 2.12. The topological polar surface area (TPSA) is 43.4 Å². The highest BCUT2D eigenvalue weighted by atomic mass is 16.6. The molecule has 0 aromatic rings. The van der Waals surface area contributed by atoms with Gasteiger partial charge in [-0.25, -0.2) is 4.79 Å². The van der Waals surface area contributed by atoms with E-state index in [-0.39, 0.29) is 11.9 Å². The van der Waals surface area contributed by atoms with E-state index in [1.54, 1.807) is 6.08 Å². The van der Waals surface area contributed by atoms with Gasteiger partial charge in [0.15, 0.2) is 0 Å². The number of carbonyl (C=O) groups is 2. The minimum atomic E-state index is -0.439. The van der Waals surface area contributed by atoms with E-state index in [2.05, 4.69) is 4.74 Å². The zero-order valence-electron chi connectivity index (χ0n) is 6.00. The van der Waals surface area contributed by atoms with E-state index in [4.69, 9.17) is 0 Å². The highest BCUT2D eigenvalue weighted by Gasteiger charge is 2.32. The molecule has 11 heavy (non-hydrogen) atoms. The second-order valence-electron chi connectivity index (χ2n) is 2.90. The van der Waals surface area contributed by atoms with Crippen LogP contribution < -0.4 is 0 Å². The van der Waals surface area contributed by atoms with E-state index in [9.17, 15) is 9.59 Å². The van der Waals surface area contributed by atoms with Gasteiger partial charge in [0.25, 0.3) is 0 Å². The molecular weight excluding hydrogens is 144 g/mol. The zero-order chi connectivity index (χ0) is 7.84. The molecule has 0 spiro atoms. The van der Waals surface area contributed by atoms with Crippen molar-refractivity contribution in [2.75, 3.05) is 0 Å². The van der Waals surface area contributed by atoms with Crippen molar-refractivity contribution in [1.82, 2.24) is 0 Å². The van der Waals surface area contributed by atoms with Crippen LogP contribution in [-0.2, 0) is 14.3 Å². The van der Waals surface area contributed by atoms with E-state index in [0.717, 1.165) is 19.3 Å². The molecule has 1 atom stereocenters. The monoisotopic (exact) mass is 152 g/mol. The van der Waals surface area contributed by atoms with Crippen LogP contribution in [-0.4, -0.2) is 11.9 Å². The molecule has 3 heteroatoms. The van der Waals surface area contributed by atoms with Crippen LogP contribution in [0.2, 0.25) is 0 Å². The van der Waals surface area contributed by atoms with E-state index >= 15 is 0 Å². The van der Waals surface area contributed by atoms with Gasteiger partial charge in [-0.05, 0) is 19.3 Å². The Morgan fingerprint density at radius 1 is 1.45 bits per heavy atom. The Morgan fingerprint density at radius 3 is 3.09 bits per heavy atom. The maximum Gasteiger partial charge on any atom is 0.341 e. The van der Waals surface area contributed by atoms with Crippen molar-refractivity contribution in [3.63, 3.8) is 0 Å². The lowest BCUT2D eigenvalue weighted by Crippen LogP contribution is -2.29. The molecule has 1 heterocycles. The minimum absolute atomic E-state index is 0.142. The molecule has 0 fully saturated rings. The standard InChI is InChI=1S/C8H8O3/c9-7-5-2-1-3-6(4-5)8(10)11-7/h4-5H,1-3H2. The van der Waals surface area contributed by atoms with Crippen LogP contribution in [0.25, 0.3) is 0 Å². The van der Waals surface area contributed by atoms with Gasteiger partial charge in [0.2, 0.25) is 0 Å². The van der Waals surface area contributed by atoms with Crippen molar-refractivity contribution in [2.45, 2.75) is 19.3 Å². The highest BCUT2D eigenvalue weighted by molar-refractivity contribution is 6.01. The largest absolute Gasteiger partial charge is 0.389 e. The lowest BCUT2D eigenvalue weighted by atomic mass is 9.89. The molecule has 2 aliphatic rings. The van der Waals surface area contributed by atoms with E-state index in [1.807, 2.05) is 0 Å². The molecule has 0 aromatic heterocycles. The first-order chi connectivity index (χ1) is 5.27. The Balaban J connectivity index is 2.35. The first-order valence-corrected chi connectivity index (χ1v) is 3.74. The average Bonchev–Trinajstić information content (AvgIpc) is 2.02. The number of esters is 2. The van der Waals surface area contributed by atoms with Crippen LogP contribution in [0.4, 0.5) is 0 Å². The molecule has 1 aliphatic heterocycles. The van der Waals surface area contributed by atoms with Crippen LogP contribution in [0.5, 0.6) is 0 Å². The summed E-state index contributed by atoms with van der Waals surface area (Å²) in [6, 6.07) is 0. The van der Waals surface area contributed by atoms with Gasteiger partial charge >= 0.3 is 11.9 Å². The quantitative estimate of drug-likeness (QED) is 0.381. The smallest absolute Gasteiger partial charge is 0.341 e. The molecule has 1 unspecified atom stereocenters. The summed E-state index contributed by atoms with van der Waals surface area (Å²) in [4.78, 5) is 21.8. The molecule has 0 aromatic carbocycles. The summed E-state index contributed by atoms with van der Waals surface area (Å²) in [5, 5.41) is 0. The predicted octanol–water partition coefficient (Wildman–Crippen LogP) is 0.796. The predicted molar refractivity (Wildman–Crippen MR) is 36.5 cm³/mol. The second kappa shape index (κ2) is 2.19. The second-order valence-corrected chi connectivity index (χ2v) is 2.90. The van der Waals surface area contributed by atoms with Gasteiger partial charge < -0.3 is 4.74 Å². The van der Waals surface area contributed by atoms with Crippen molar-refractivity contribution in [3.8, 4) is 0 Å². The van der Waals surface area contributed by atoms with Crippen LogP contribution >= 0.6 is 0 Å². The van der Waals surface area contributed by atoms with E-state index in [0.29, 0.717) is 5.57 Å². The molecule has 2 bridgehead atoms. The first kappa shape index (κ1) is 6.58. The summed E-state index contributed by atoms with van der Waals surface area (Å²) in [6.45, 7) is 0. The third-order valence-corrected chi connectivity index (χ3v) is 2.12. The number of rotatable bonds is 0. The molecule has 0 radical (unpaired) electrons. The zero-order valence-corrected chi connectivity index (χ0v) is 6.00. The molecule has 3 nitrogen and oxygen atoms in total. The van der Waals surface area contributed by atoms with E-state index < -0.39 is 5.97 Å². The van der Waals surface area contributed by atoms with Crippen molar-refractivity contribution in [1.29, 1.82) is 0 Å². The number of carbonyl (C=O) groups excluding carboxylic acids is 2. The summed E-state index contributed by atoms with van der Waals surface area (Å²) >= 11 is 0. The Labute approximate surface area is 64.0 Å². The summed E-state index contributed by atoms with van der Waals surface area (Å²) in [5.74, 6) is -0.958. The Hall–Kier alpha value is -1.12. The summed E-state index contributed by atoms with van der Waals surface area (Å²) in [5.41, 5.74) is 0.681. The Kier molecular flexibility index (Phi) is 1.31. The molecule has 0 amide bonds. The molecule has 0 saturated carbocycles. The van der Waals surface area contributed by atoms with Gasteiger partial charge in [-0.3, -0.25) is 4.79 Å². The lowest BCUT2D eigenvalue weighted by Gasteiger charge is -2.23. The van der Waals surface area contributed by atoms with Crippen LogP contribution in [0.1, 0.15) is 19.3 Å². The normalized spacial score (nSPS) is 29.5. The van der Waals surface area contributed by atoms with Crippen LogP contribution in [0, 0.1) is 5.92 Å². The van der Waals surface area contributed by atoms with Gasteiger partial charge in [-0.1, -0.05) is 6.08 Å². The van der Waals surface area contributed by atoms with Gasteiger partial charge in [0, 0.05) is 5.57 Å². The fraction of sp³-hybridized carbons (Fsp3) is 0.500. The molecular formula is C8H8O3. The Morgan fingerprint density at radius 2 is 2.27 bits per heavy atom. The van der Waals surface area contributed by atoms with Crippen LogP contribution in [0.15, 0.2) is 11.6 Å². The minimum Gasteiger partial charge on any atom is -0.389 e. The number of cyclic esters (lactones) is 2. The maximum absolute atomic E-state index is 10.9. The molecule has 58 valence electrons. The molecule has 0 saturated heterocycles. The number of fused-ring (bicyclic) bond motifs is 1. The van der Waals surface area contributed by atoms with Gasteiger partial charge in [0.1, 0.15) is 0 Å². The summed E-state index contributed by atoms with van der Waals surface area (Å²) < 4.78 is 4.51. The van der Waals surface area contributed by atoms with Crippen molar-refractivity contribution in [2.24, 2.45) is 5.92 Å². The Bertz CT molecular complexity index is 252. The fourth-order valence-corrected chi connectivity index (χ4v) is 1.51. The van der Waals surface area contributed by atoms with Crippen LogP contribution in [0.3, 0.4) is 0 Å². The van der Waals surface area contributed by atoms with Gasteiger partial charge in [0.05, 0.1) is 5.92 Å². The molecule has 0 N–H and O–H groups in total. The first-order valence-electron chi connectivity index (χ1n) is 3.74. The summed E-state index contributed by atoms with van der Waals surface area (Å²) in [7, 11) is 0. The third kappa shape index (κ3) is 0.964. The van der Waals surface area contributed by atoms with Crippen molar-refractivity contribution >= 4 is 11.9 Å². The number of ether oxygens (including phenoxy) is 1. The maximum atomic E-state index is 10.9. The number of hydrogen-bond acceptors (Lipinski definition) is 3. The SMILES string of the molecule is O=C1OC(=O)C2C=C1CCC2. The lowest BCUT2D eigenvalue weighted by molar-refractivity contribution is -0.161. The summed E-state index contributed by atoms with van der Waals surface area (Å²) in [6.07, 6.45) is 4.27. The number of hydrogen-bond donors (Lipinski definition) is 0. The van der Waals surface area contributed by atoms with Crippen molar-refractivity contribution in [3.05, 3.63) is 11.6 Å². The van der Waals surface area contributed by atoms with Crippen molar-refractivity contribution < 1.29 is 14.3 Å². The van der Waals surface area contributed by atoms with Gasteiger partial charge in [-0.2, -0.15) is 0 Å². The molecule has 2 rings (SSSR count). The average molecular weight is 152 g/mol. The highest BCUT2D eigenvalue weighted by Crippen LogP contribution is 2.28.